The first-order valence-corrected chi connectivity index (χ1v) is 6.09. The lowest BCUT2D eigenvalue weighted by molar-refractivity contribution is -0.143. The van der Waals surface area contributed by atoms with E-state index in [9.17, 15) is 14.0 Å². The SMILES string of the molecule is Nc1ccc(C(=O)N2CCCC[C@@H]2C(=O)O)c(F)c1. The van der Waals surface area contributed by atoms with Gasteiger partial charge in [-0.25, -0.2) is 9.18 Å². The zero-order valence-electron chi connectivity index (χ0n) is 10.3. The highest BCUT2D eigenvalue weighted by atomic mass is 19.1. The highest BCUT2D eigenvalue weighted by molar-refractivity contribution is 5.97. The van der Waals surface area contributed by atoms with Gasteiger partial charge in [-0.15, -0.1) is 0 Å². The number of aliphatic carboxylic acids is 1. The number of benzene rings is 1. The lowest BCUT2D eigenvalue weighted by Gasteiger charge is -2.33. The summed E-state index contributed by atoms with van der Waals surface area (Å²) in [6.45, 7) is 0.333. The highest BCUT2D eigenvalue weighted by Gasteiger charge is 2.33. The largest absolute Gasteiger partial charge is 0.480 e. The van der Waals surface area contributed by atoms with Gasteiger partial charge in [-0.3, -0.25) is 4.79 Å². The van der Waals surface area contributed by atoms with E-state index < -0.39 is 23.7 Å². The van der Waals surface area contributed by atoms with Crippen LogP contribution >= 0.6 is 0 Å². The van der Waals surface area contributed by atoms with Gasteiger partial charge in [-0.1, -0.05) is 0 Å². The summed E-state index contributed by atoms with van der Waals surface area (Å²) < 4.78 is 13.7. The van der Waals surface area contributed by atoms with Crippen LogP contribution in [-0.4, -0.2) is 34.5 Å². The van der Waals surface area contributed by atoms with Crippen LogP contribution in [0.15, 0.2) is 18.2 Å². The van der Waals surface area contributed by atoms with Gasteiger partial charge < -0.3 is 15.7 Å². The van der Waals surface area contributed by atoms with E-state index in [1.54, 1.807) is 0 Å². The van der Waals surface area contributed by atoms with E-state index in [4.69, 9.17) is 10.8 Å². The number of rotatable bonds is 2. The molecule has 0 bridgehead atoms. The molecule has 1 aromatic rings. The normalized spacial score (nSPS) is 19.2. The topological polar surface area (TPSA) is 83.6 Å². The van der Waals surface area contributed by atoms with Crippen LogP contribution in [0, 0.1) is 5.82 Å². The Bertz CT molecular complexity index is 519. The van der Waals surface area contributed by atoms with Crippen LogP contribution in [-0.2, 0) is 4.79 Å². The summed E-state index contributed by atoms with van der Waals surface area (Å²) in [5.41, 5.74) is 5.51. The second kappa shape index (κ2) is 5.26. The number of carboxylic acid groups (broad SMARTS) is 1. The number of amides is 1. The number of nitrogens with zero attached hydrogens (tertiary/aromatic N) is 1. The number of hydrogen-bond donors (Lipinski definition) is 2. The smallest absolute Gasteiger partial charge is 0.326 e. The highest BCUT2D eigenvalue weighted by Crippen LogP contribution is 2.22. The molecule has 19 heavy (non-hydrogen) atoms. The Hall–Kier alpha value is -2.11. The molecule has 1 atom stereocenters. The van der Waals surface area contributed by atoms with Crippen molar-refractivity contribution in [3.8, 4) is 0 Å². The fourth-order valence-corrected chi connectivity index (χ4v) is 2.29. The number of carboxylic acids is 1. The average Bonchev–Trinajstić information content (AvgIpc) is 2.38. The summed E-state index contributed by atoms with van der Waals surface area (Å²) >= 11 is 0. The molecule has 0 aromatic heterocycles. The number of nitrogen functional groups attached to an aromatic ring is 1. The predicted molar refractivity (Wildman–Crippen MR) is 67.1 cm³/mol. The Morgan fingerprint density at radius 1 is 1.37 bits per heavy atom. The van der Waals surface area contributed by atoms with Crippen molar-refractivity contribution < 1.29 is 19.1 Å². The first kappa shape index (κ1) is 13.3. The minimum absolute atomic E-state index is 0.137. The molecule has 1 saturated heterocycles. The second-order valence-corrected chi connectivity index (χ2v) is 4.59. The average molecular weight is 266 g/mol. The van der Waals surface area contributed by atoms with E-state index in [0.29, 0.717) is 13.0 Å². The molecular formula is C13H15FN2O3. The van der Waals surface area contributed by atoms with Gasteiger partial charge in [0, 0.05) is 12.2 Å². The Labute approximate surface area is 109 Å². The fourth-order valence-electron chi connectivity index (χ4n) is 2.29. The Balaban J connectivity index is 2.28. The van der Waals surface area contributed by atoms with Crippen molar-refractivity contribution in [2.45, 2.75) is 25.3 Å². The Morgan fingerprint density at radius 3 is 2.74 bits per heavy atom. The third kappa shape index (κ3) is 2.67. The number of halogens is 1. The number of likely N-dealkylation sites (tertiary alicyclic amines) is 1. The molecule has 0 saturated carbocycles. The molecule has 1 aliphatic heterocycles. The van der Waals surface area contributed by atoms with Crippen LogP contribution < -0.4 is 5.73 Å². The van der Waals surface area contributed by atoms with Crippen molar-refractivity contribution in [2.75, 3.05) is 12.3 Å². The van der Waals surface area contributed by atoms with Gasteiger partial charge in [0.05, 0.1) is 5.56 Å². The van der Waals surface area contributed by atoms with Gasteiger partial charge in [-0.2, -0.15) is 0 Å². The van der Waals surface area contributed by atoms with Crippen LogP contribution in [0.4, 0.5) is 10.1 Å². The van der Waals surface area contributed by atoms with Crippen molar-refractivity contribution in [2.24, 2.45) is 0 Å². The lowest BCUT2D eigenvalue weighted by atomic mass is 10.0. The van der Waals surface area contributed by atoms with E-state index >= 15 is 0 Å². The molecule has 3 N–H and O–H groups in total. The van der Waals surface area contributed by atoms with Crippen LogP contribution in [0.1, 0.15) is 29.6 Å². The number of carbonyl (C=O) groups is 2. The number of anilines is 1. The maximum Gasteiger partial charge on any atom is 0.326 e. The molecule has 6 heteroatoms. The zero-order valence-corrected chi connectivity index (χ0v) is 10.3. The minimum atomic E-state index is -1.05. The number of piperidine rings is 1. The van der Waals surface area contributed by atoms with E-state index in [2.05, 4.69) is 0 Å². The molecular weight excluding hydrogens is 251 g/mol. The van der Waals surface area contributed by atoms with E-state index in [1.165, 1.54) is 17.0 Å². The predicted octanol–water partition coefficient (Wildman–Crippen LogP) is 1.49. The number of carbonyl (C=O) groups excluding carboxylic acids is 1. The maximum atomic E-state index is 13.7. The van der Waals surface area contributed by atoms with E-state index in [1.807, 2.05) is 0 Å². The van der Waals surface area contributed by atoms with Crippen LogP contribution in [0.25, 0.3) is 0 Å². The lowest BCUT2D eigenvalue weighted by Crippen LogP contribution is -2.48. The van der Waals surface area contributed by atoms with Crippen LogP contribution in [0.2, 0.25) is 0 Å². The zero-order chi connectivity index (χ0) is 14.0. The van der Waals surface area contributed by atoms with Crippen LogP contribution in [0.5, 0.6) is 0 Å². The molecule has 1 amide bonds. The molecule has 0 unspecified atom stereocenters. The molecule has 1 heterocycles. The van der Waals surface area contributed by atoms with Gasteiger partial charge in [0.1, 0.15) is 11.9 Å². The van der Waals surface area contributed by atoms with Gasteiger partial charge in [0.25, 0.3) is 5.91 Å². The summed E-state index contributed by atoms with van der Waals surface area (Å²) in [5, 5.41) is 9.11. The molecule has 2 rings (SSSR count). The molecule has 0 spiro atoms. The monoisotopic (exact) mass is 266 g/mol. The standard InChI is InChI=1S/C13H15FN2O3/c14-10-7-8(15)4-5-9(10)12(17)16-6-2-1-3-11(16)13(18)19/h4-5,7,11H,1-3,6,15H2,(H,18,19)/t11-/m1/s1. The van der Waals surface area contributed by atoms with Gasteiger partial charge in [0.15, 0.2) is 0 Å². The van der Waals surface area contributed by atoms with Crippen molar-refractivity contribution in [3.05, 3.63) is 29.6 Å². The Kier molecular flexibility index (Phi) is 3.69. The first-order chi connectivity index (χ1) is 9.00. The summed E-state index contributed by atoms with van der Waals surface area (Å²) in [6, 6.07) is 2.90. The third-order valence-corrected chi connectivity index (χ3v) is 3.27. The summed E-state index contributed by atoms with van der Waals surface area (Å²) in [6.07, 6.45) is 1.88. The molecule has 5 nitrogen and oxygen atoms in total. The summed E-state index contributed by atoms with van der Waals surface area (Å²) in [5.74, 6) is -2.37. The third-order valence-electron chi connectivity index (χ3n) is 3.27. The van der Waals surface area contributed by atoms with Gasteiger partial charge in [-0.05, 0) is 37.5 Å². The first-order valence-electron chi connectivity index (χ1n) is 6.09. The van der Waals surface area contributed by atoms with Crippen LogP contribution in [0.3, 0.4) is 0 Å². The summed E-state index contributed by atoms with van der Waals surface area (Å²) in [7, 11) is 0. The second-order valence-electron chi connectivity index (χ2n) is 4.59. The molecule has 102 valence electrons. The van der Waals surface area contributed by atoms with E-state index in [-0.39, 0.29) is 11.3 Å². The number of nitrogens with two attached hydrogens (primary N) is 1. The summed E-state index contributed by atoms with van der Waals surface area (Å²) in [4.78, 5) is 24.6. The fraction of sp³-hybridized carbons (Fsp3) is 0.385. The van der Waals surface area contributed by atoms with Gasteiger partial charge >= 0.3 is 5.97 Å². The van der Waals surface area contributed by atoms with E-state index in [0.717, 1.165) is 18.9 Å². The number of hydrogen-bond acceptors (Lipinski definition) is 3. The molecule has 0 radical (unpaired) electrons. The quantitative estimate of drug-likeness (QED) is 0.794. The minimum Gasteiger partial charge on any atom is -0.480 e. The molecule has 1 fully saturated rings. The molecule has 0 aliphatic carbocycles. The van der Waals surface area contributed by atoms with Crippen molar-refractivity contribution in [1.29, 1.82) is 0 Å². The van der Waals surface area contributed by atoms with Gasteiger partial charge in [0.2, 0.25) is 0 Å². The molecule has 1 aromatic carbocycles. The van der Waals surface area contributed by atoms with Crippen molar-refractivity contribution in [3.63, 3.8) is 0 Å². The molecule has 1 aliphatic rings. The van der Waals surface area contributed by atoms with Crippen molar-refractivity contribution >= 4 is 17.6 Å². The maximum absolute atomic E-state index is 13.7. The van der Waals surface area contributed by atoms with Crippen molar-refractivity contribution in [1.82, 2.24) is 4.90 Å². The Morgan fingerprint density at radius 2 is 2.11 bits per heavy atom.